The standard InChI is InChI=1S/C15H22ClN3/c1-10-8-11(9-18-15(10)16)19-14-5-2-4-12(14)13-6-3-7-17-13/h8-9,12-14,17,19H,2-7H2,1H3. The molecule has 19 heavy (non-hydrogen) atoms. The van der Waals surface area contributed by atoms with Crippen molar-refractivity contribution >= 4 is 17.3 Å². The molecule has 1 aliphatic heterocycles. The molecule has 1 aromatic heterocycles. The first-order chi connectivity index (χ1) is 9.24. The van der Waals surface area contributed by atoms with Crippen LogP contribution in [0.5, 0.6) is 0 Å². The molecule has 3 nitrogen and oxygen atoms in total. The molecule has 2 heterocycles. The van der Waals surface area contributed by atoms with E-state index in [4.69, 9.17) is 11.6 Å². The number of aryl methyl sites for hydroxylation is 1. The fraction of sp³-hybridized carbons (Fsp3) is 0.667. The minimum absolute atomic E-state index is 0.581. The van der Waals surface area contributed by atoms with Gasteiger partial charge in [0.15, 0.2) is 0 Å². The summed E-state index contributed by atoms with van der Waals surface area (Å²) in [6.45, 7) is 3.20. The van der Waals surface area contributed by atoms with E-state index < -0.39 is 0 Å². The smallest absolute Gasteiger partial charge is 0.132 e. The van der Waals surface area contributed by atoms with Crippen molar-refractivity contribution in [3.63, 3.8) is 0 Å². The van der Waals surface area contributed by atoms with Gasteiger partial charge in [0.2, 0.25) is 0 Å². The summed E-state index contributed by atoms with van der Waals surface area (Å²) >= 11 is 5.98. The maximum absolute atomic E-state index is 5.98. The Bertz CT molecular complexity index is 443. The molecule has 3 atom stereocenters. The molecular formula is C15H22ClN3. The summed E-state index contributed by atoms with van der Waals surface area (Å²) in [5, 5.41) is 7.94. The molecule has 0 amide bonds. The van der Waals surface area contributed by atoms with E-state index in [1.165, 1.54) is 38.6 Å². The van der Waals surface area contributed by atoms with Crippen molar-refractivity contribution in [2.45, 2.75) is 51.1 Å². The van der Waals surface area contributed by atoms with E-state index in [0.29, 0.717) is 17.2 Å². The lowest BCUT2D eigenvalue weighted by molar-refractivity contribution is 0.376. The number of hydrogen-bond donors (Lipinski definition) is 2. The number of rotatable bonds is 3. The number of anilines is 1. The summed E-state index contributed by atoms with van der Waals surface area (Å²) in [6.07, 6.45) is 8.46. The van der Waals surface area contributed by atoms with E-state index in [2.05, 4.69) is 21.7 Å². The third-order valence-electron chi connectivity index (χ3n) is 4.55. The van der Waals surface area contributed by atoms with Crippen LogP contribution >= 0.6 is 11.6 Å². The van der Waals surface area contributed by atoms with Crippen molar-refractivity contribution in [2.75, 3.05) is 11.9 Å². The van der Waals surface area contributed by atoms with E-state index in [1.807, 2.05) is 13.1 Å². The van der Waals surface area contributed by atoms with Gasteiger partial charge in [-0.15, -0.1) is 0 Å². The van der Waals surface area contributed by atoms with Crippen LogP contribution in [0.15, 0.2) is 12.3 Å². The van der Waals surface area contributed by atoms with Gasteiger partial charge in [-0.1, -0.05) is 18.0 Å². The fourth-order valence-corrected chi connectivity index (χ4v) is 3.68. The summed E-state index contributed by atoms with van der Waals surface area (Å²) in [6, 6.07) is 3.40. The topological polar surface area (TPSA) is 37.0 Å². The lowest BCUT2D eigenvalue weighted by Gasteiger charge is -2.27. The summed E-state index contributed by atoms with van der Waals surface area (Å²) in [5.41, 5.74) is 2.15. The highest BCUT2D eigenvalue weighted by Crippen LogP contribution is 2.34. The Hall–Kier alpha value is -0.800. The van der Waals surface area contributed by atoms with Crippen molar-refractivity contribution in [3.8, 4) is 0 Å². The molecule has 0 aromatic carbocycles. The highest BCUT2D eigenvalue weighted by molar-refractivity contribution is 6.30. The molecule has 0 radical (unpaired) electrons. The average molecular weight is 280 g/mol. The zero-order valence-electron chi connectivity index (χ0n) is 11.5. The maximum Gasteiger partial charge on any atom is 0.132 e. The Morgan fingerprint density at radius 1 is 1.32 bits per heavy atom. The van der Waals surface area contributed by atoms with Crippen LogP contribution < -0.4 is 10.6 Å². The van der Waals surface area contributed by atoms with E-state index in [-0.39, 0.29) is 0 Å². The number of hydrogen-bond acceptors (Lipinski definition) is 3. The van der Waals surface area contributed by atoms with E-state index in [1.54, 1.807) is 0 Å². The summed E-state index contributed by atoms with van der Waals surface area (Å²) in [4.78, 5) is 4.23. The number of pyridine rings is 1. The molecule has 4 heteroatoms. The van der Waals surface area contributed by atoms with Gasteiger partial charge in [0.1, 0.15) is 5.15 Å². The van der Waals surface area contributed by atoms with Crippen LogP contribution in [0.25, 0.3) is 0 Å². The maximum atomic E-state index is 5.98. The van der Waals surface area contributed by atoms with Gasteiger partial charge in [0.05, 0.1) is 11.9 Å². The summed E-state index contributed by atoms with van der Waals surface area (Å²) < 4.78 is 0. The molecule has 2 aliphatic rings. The lowest BCUT2D eigenvalue weighted by atomic mass is 9.93. The molecule has 104 valence electrons. The first-order valence-corrected chi connectivity index (χ1v) is 7.74. The second kappa shape index (κ2) is 5.68. The highest BCUT2D eigenvalue weighted by atomic mass is 35.5. The highest BCUT2D eigenvalue weighted by Gasteiger charge is 2.34. The predicted octanol–water partition coefficient (Wildman–Crippen LogP) is 3.38. The molecule has 2 fully saturated rings. The number of halogens is 1. The van der Waals surface area contributed by atoms with Gasteiger partial charge in [0.25, 0.3) is 0 Å². The molecular weight excluding hydrogens is 258 g/mol. The van der Waals surface area contributed by atoms with Gasteiger partial charge in [-0.2, -0.15) is 0 Å². The minimum atomic E-state index is 0.581. The SMILES string of the molecule is Cc1cc(NC2CCCC2C2CCCN2)cnc1Cl. The average Bonchev–Trinajstić information content (AvgIpc) is 3.04. The van der Waals surface area contributed by atoms with Crippen molar-refractivity contribution in [1.29, 1.82) is 0 Å². The Balaban J connectivity index is 1.69. The first kappa shape index (κ1) is 13.2. The van der Waals surface area contributed by atoms with Gasteiger partial charge < -0.3 is 10.6 Å². The van der Waals surface area contributed by atoms with Crippen molar-refractivity contribution in [3.05, 3.63) is 23.0 Å². The van der Waals surface area contributed by atoms with Crippen LogP contribution in [-0.4, -0.2) is 23.6 Å². The van der Waals surface area contributed by atoms with Gasteiger partial charge in [-0.05, 0) is 56.7 Å². The zero-order chi connectivity index (χ0) is 13.2. The second-order valence-electron chi connectivity index (χ2n) is 5.88. The van der Waals surface area contributed by atoms with E-state index >= 15 is 0 Å². The molecule has 1 saturated heterocycles. The monoisotopic (exact) mass is 279 g/mol. The van der Waals surface area contributed by atoms with Crippen molar-refractivity contribution < 1.29 is 0 Å². The number of aromatic nitrogens is 1. The molecule has 3 rings (SSSR count). The third kappa shape index (κ3) is 2.87. The molecule has 0 spiro atoms. The Morgan fingerprint density at radius 3 is 2.95 bits per heavy atom. The van der Waals surface area contributed by atoms with Crippen LogP contribution in [0.1, 0.15) is 37.7 Å². The van der Waals surface area contributed by atoms with Gasteiger partial charge in [-0.3, -0.25) is 0 Å². The van der Waals surface area contributed by atoms with Crippen LogP contribution in [0, 0.1) is 12.8 Å². The second-order valence-corrected chi connectivity index (χ2v) is 6.24. The Kier molecular flexibility index (Phi) is 3.94. The third-order valence-corrected chi connectivity index (χ3v) is 4.95. The quantitative estimate of drug-likeness (QED) is 0.833. The molecule has 2 N–H and O–H groups in total. The van der Waals surface area contributed by atoms with Crippen LogP contribution in [0.4, 0.5) is 5.69 Å². The number of nitrogens with one attached hydrogen (secondary N) is 2. The van der Waals surface area contributed by atoms with Crippen LogP contribution in [0.3, 0.4) is 0 Å². The largest absolute Gasteiger partial charge is 0.381 e. The molecule has 0 bridgehead atoms. The Morgan fingerprint density at radius 2 is 2.21 bits per heavy atom. The minimum Gasteiger partial charge on any atom is -0.381 e. The molecule has 1 saturated carbocycles. The predicted molar refractivity (Wildman–Crippen MR) is 79.8 cm³/mol. The summed E-state index contributed by atoms with van der Waals surface area (Å²) in [5.74, 6) is 0.762. The molecule has 1 aliphatic carbocycles. The van der Waals surface area contributed by atoms with Gasteiger partial charge >= 0.3 is 0 Å². The normalized spacial score (nSPS) is 30.7. The van der Waals surface area contributed by atoms with Crippen LogP contribution in [-0.2, 0) is 0 Å². The zero-order valence-corrected chi connectivity index (χ0v) is 12.2. The fourth-order valence-electron chi connectivity index (χ4n) is 3.58. The van der Waals surface area contributed by atoms with Crippen LogP contribution in [0.2, 0.25) is 5.15 Å². The Labute approximate surface area is 120 Å². The number of nitrogens with zero attached hydrogens (tertiary/aromatic N) is 1. The van der Waals surface area contributed by atoms with Crippen molar-refractivity contribution in [2.24, 2.45) is 5.92 Å². The first-order valence-electron chi connectivity index (χ1n) is 7.36. The van der Waals surface area contributed by atoms with Gasteiger partial charge in [-0.25, -0.2) is 4.98 Å². The van der Waals surface area contributed by atoms with E-state index in [0.717, 1.165) is 17.2 Å². The molecule has 3 unspecified atom stereocenters. The van der Waals surface area contributed by atoms with Crippen molar-refractivity contribution in [1.82, 2.24) is 10.3 Å². The lowest BCUT2D eigenvalue weighted by Crippen LogP contribution is -2.38. The molecule has 1 aromatic rings. The van der Waals surface area contributed by atoms with E-state index in [9.17, 15) is 0 Å². The summed E-state index contributed by atoms with van der Waals surface area (Å²) in [7, 11) is 0. The van der Waals surface area contributed by atoms with Gasteiger partial charge in [0, 0.05) is 12.1 Å².